The van der Waals surface area contributed by atoms with Crippen LogP contribution >= 0.6 is 0 Å². The van der Waals surface area contributed by atoms with Crippen molar-refractivity contribution in [2.24, 2.45) is 5.92 Å². The Hall–Kier alpha value is -4.00. The van der Waals surface area contributed by atoms with E-state index in [1.165, 1.54) is 0 Å². The standard InChI is InChI=1S/C25H24N4O3/c1-17-5-7-22(8-6-17)29-16-20(14-23(29)30)24(31)27-15-18-3-2-4-21(13-18)28-25(32)19-9-11-26-12-10-19/h2-13,20H,14-16H2,1H3,(H,27,31)(H,28,32). The van der Waals surface area contributed by atoms with Crippen LogP contribution in [0, 0.1) is 12.8 Å². The molecule has 2 heterocycles. The van der Waals surface area contributed by atoms with Crippen molar-refractivity contribution in [1.82, 2.24) is 10.3 Å². The maximum absolute atomic E-state index is 12.7. The van der Waals surface area contributed by atoms with Gasteiger partial charge in [-0.1, -0.05) is 29.8 Å². The average Bonchev–Trinajstić information content (AvgIpc) is 3.20. The van der Waals surface area contributed by atoms with E-state index in [1.54, 1.807) is 35.5 Å². The minimum atomic E-state index is -0.390. The molecule has 4 rings (SSSR count). The smallest absolute Gasteiger partial charge is 0.255 e. The van der Waals surface area contributed by atoms with Gasteiger partial charge in [-0.05, 0) is 48.9 Å². The van der Waals surface area contributed by atoms with Gasteiger partial charge in [0.05, 0.1) is 5.92 Å². The van der Waals surface area contributed by atoms with Crippen LogP contribution in [-0.4, -0.2) is 29.3 Å². The van der Waals surface area contributed by atoms with Crippen LogP contribution in [0.25, 0.3) is 0 Å². The second kappa shape index (κ2) is 9.43. The molecule has 1 aromatic heterocycles. The Morgan fingerprint density at radius 2 is 1.81 bits per heavy atom. The number of hydrogen-bond donors (Lipinski definition) is 2. The van der Waals surface area contributed by atoms with Crippen LogP contribution in [0.2, 0.25) is 0 Å². The molecule has 0 bridgehead atoms. The lowest BCUT2D eigenvalue weighted by atomic mass is 10.1. The highest BCUT2D eigenvalue weighted by Crippen LogP contribution is 2.25. The average molecular weight is 428 g/mol. The first kappa shape index (κ1) is 21.2. The summed E-state index contributed by atoms with van der Waals surface area (Å²) in [6, 6.07) is 18.3. The molecule has 0 saturated carbocycles. The number of nitrogens with one attached hydrogen (secondary N) is 2. The van der Waals surface area contributed by atoms with E-state index in [0.717, 1.165) is 16.8 Å². The van der Waals surface area contributed by atoms with Crippen molar-refractivity contribution in [3.8, 4) is 0 Å². The molecule has 3 aromatic rings. The molecule has 2 aromatic carbocycles. The zero-order valence-corrected chi connectivity index (χ0v) is 17.7. The summed E-state index contributed by atoms with van der Waals surface area (Å²) >= 11 is 0. The maximum atomic E-state index is 12.7. The van der Waals surface area contributed by atoms with Gasteiger partial charge in [-0.2, -0.15) is 0 Å². The minimum absolute atomic E-state index is 0.0465. The fourth-order valence-corrected chi connectivity index (χ4v) is 3.66. The van der Waals surface area contributed by atoms with Crippen molar-refractivity contribution >= 4 is 29.1 Å². The highest BCUT2D eigenvalue weighted by Gasteiger charge is 2.34. The van der Waals surface area contributed by atoms with Crippen molar-refractivity contribution in [2.75, 3.05) is 16.8 Å². The van der Waals surface area contributed by atoms with Crippen molar-refractivity contribution in [3.63, 3.8) is 0 Å². The van der Waals surface area contributed by atoms with E-state index in [9.17, 15) is 14.4 Å². The molecular formula is C25H24N4O3. The molecule has 1 fully saturated rings. The third-order valence-electron chi connectivity index (χ3n) is 5.44. The first-order valence-electron chi connectivity index (χ1n) is 10.4. The quantitative estimate of drug-likeness (QED) is 0.630. The summed E-state index contributed by atoms with van der Waals surface area (Å²) in [5.41, 5.74) is 3.94. The van der Waals surface area contributed by atoms with Gasteiger partial charge in [0.2, 0.25) is 11.8 Å². The Kier molecular flexibility index (Phi) is 6.26. The number of aromatic nitrogens is 1. The summed E-state index contributed by atoms with van der Waals surface area (Å²) in [7, 11) is 0. The molecule has 2 N–H and O–H groups in total. The number of rotatable bonds is 6. The van der Waals surface area contributed by atoms with E-state index in [2.05, 4.69) is 15.6 Å². The molecule has 1 atom stereocenters. The van der Waals surface area contributed by atoms with Gasteiger partial charge in [0.1, 0.15) is 0 Å². The molecule has 1 aliphatic heterocycles. The van der Waals surface area contributed by atoms with E-state index < -0.39 is 5.92 Å². The zero-order valence-electron chi connectivity index (χ0n) is 17.7. The Bertz CT molecular complexity index is 1130. The second-order valence-electron chi connectivity index (χ2n) is 7.85. The Morgan fingerprint density at radius 1 is 1.06 bits per heavy atom. The Labute approximate surface area is 186 Å². The van der Waals surface area contributed by atoms with Crippen LogP contribution in [0.1, 0.15) is 27.9 Å². The third-order valence-corrected chi connectivity index (χ3v) is 5.44. The first-order chi connectivity index (χ1) is 15.5. The molecule has 0 spiro atoms. The summed E-state index contributed by atoms with van der Waals surface area (Å²) in [5, 5.41) is 5.76. The summed E-state index contributed by atoms with van der Waals surface area (Å²) < 4.78 is 0. The number of aryl methyl sites for hydroxylation is 1. The molecule has 0 radical (unpaired) electrons. The van der Waals surface area contributed by atoms with Crippen LogP contribution in [-0.2, 0) is 16.1 Å². The number of carbonyl (C=O) groups is 3. The van der Waals surface area contributed by atoms with Crippen LogP contribution in [0.3, 0.4) is 0 Å². The third kappa shape index (κ3) is 5.00. The maximum Gasteiger partial charge on any atom is 0.255 e. The fraction of sp³-hybridized carbons (Fsp3) is 0.200. The van der Waals surface area contributed by atoms with Crippen molar-refractivity contribution in [3.05, 3.63) is 89.7 Å². The highest BCUT2D eigenvalue weighted by atomic mass is 16.2. The summed E-state index contributed by atoms with van der Waals surface area (Å²) in [5.74, 6) is -0.818. The molecule has 1 saturated heterocycles. The molecule has 3 amide bonds. The lowest BCUT2D eigenvalue weighted by molar-refractivity contribution is -0.126. The van der Waals surface area contributed by atoms with Gasteiger partial charge in [-0.3, -0.25) is 19.4 Å². The zero-order chi connectivity index (χ0) is 22.5. The first-order valence-corrected chi connectivity index (χ1v) is 10.4. The number of hydrogen-bond acceptors (Lipinski definition) is 4. The van der Waals surface area contributed by atoms with Gasteiger partial charge in [0, 0.05) is 48.8 Å². The summed E-state index contributed by atoms with van der Waals surface area (Å²) in [6.07, 6.45) is 3.32. The van der Waals surface area contributed by atoms with E-state index in [0.29, 0.717) is 24.3 Å². The molecular weight excluding hydrogens is 404 g/mol. The fourth-order valence-electron chi connectivity index (χ4n) is 3.66. The second-order valence-corrected chi connectivity index (χ2v) is 7.85. The lowest BCUT2D eigenvalue weighted by Gasteiger charge is -2.17. The number of anilines is 2. The monoisotopic (exact) mass is 428 g/mol. The molecule has 32 heavy (non-hydrogen) atoms. The number of carbonyl (C=O) groups excluding carboxylic acids is 3. The van der Waals surface area contributed by atoms with Gasteiger partial charge in [-0.25, -0.2) is 0 Å². The van der Waals surface area contributed by atoms with Crippen LogP contribution in [0.5, 0.6) is 0 Å². The Balaban J connectivity index is 1.33. The highest BCUT2D eigenvalue weighted by molar-refractivity contribution is 6.04. The molecule has 1 unspecified atom stereocenters. The van der Waals surface area contributed by atoms with E-state index >= 15 is 0 Å². The molecule has 7 nitrogen and oxygen atoms in total. The Morgan fingerprint density at radius 3 is 2.56 bits per heavy atom. The largest absolute Gasteiger partial charge is 0.352 e. The van der Waals surface area contributed by atoms with Gasteiger partial charge in [0.15, 0.2) is 0 Å². The van der Waals surface area contributed by atoms with Crippen molar-refractivity contribution in [2.45, 2.75) is 19.9 Å². The van der Waals surface area contributed by atoms with Crippen molar-refractivity contribution in [1.29, 1.82) is 0 Å². The van der Waals surface area contributed by atoms with E-state index in [4.69, 9.17) is 0 Å². The van der Waals surface area contributed by atoms with Gasteiger partial charge in [-0.15, -0.1) is 0 Å². The molecule has 7 heteroatoms. The SMILES string of the molecule is Cc1ccc(N2CC(C(=O)NCc3cccc(NC(=O)c4ccncc4)c3)CC2=O)cc1. The van der Waals surface area contributed by atoms with E-state index in [-0.39, 0.29) is 24.1 Å². The van der Waals surface area contributed by atoms with Gasteiger partial charge < -0.3 is 15.5 Å². The molecule has 1 aliphatic rings. The van der Waals surface area contributed by atoms with Crippen LogP contribution in [0.4, 0.5) is 11.4 Å². The molecule has 0 aliphatic carbocycles. The topological polar surface area (TPSA) is 91.4 Å². The lowest BCUT2D eigenvalue weighted by Crippen LogP contribution is -2.32. The predicted octanol–water partition coefficient (Wildman–Crippen LogP) is 3.31. The molecule has 162 valence electrons. The van der Waals surface area contributed by atoms with Gasteiger partial charge >= 0.3 is 0 Å². The number of benzene rings is 2. The van der Waals surface area contributed by atoms with Crippen molar-refractivity contribution < 1.29 is 14.4 Å². The summed E-state index contributed by atoms with van der Waals surface area (Å²) in [4.78, 5) is 43.0. The summed E-state index contributed by atoms with van der Waals surface area (Å²) in [6.45, 7) is 2.67. The van der Waals surface area contributed by atoms with Gasteiger partial charge in [0.25, 0.3) is 5.91 Å². The number of pyridine rings is 1. The normalized spacial score (nSPS) is 15.5. The minimum Gasteiger partial charge on any atom is -0.352 e. The van der Waals surface area contributed by atoms with Crippen LogP contribution in [0.15, 0.2) is 73.1 Å². The predicted molar refractivity (Wildman–Crippen MR) is 122 cm³/mol. The number of nitrogens with zero attached hydrogens (tertiary/aromatic N) is 2. The van der Waals surface area contributed by atoms with Crippen LogP contribution < -0.4 is 15.5 Å². The number of amides is 3. The van der Waals surface area contributed by atoms with E-state index in [1.807, 2.05) is 49.4 Å².